The quantitative estimate of drug-likeness (QED) is 0.435. The number of nitrogens with two attached hydrogens (primary N) is 1. The lowest BCUT2D eigenvalue weighted by molar-refractivity contribution is 0.264. The number of hydrogen-bond donors (Lipinski definition) is 1. The van der Waals surface area contributed by atoms with Gasteiger partial charge < -0.3 is 4.74 Å². The molecule has 2 N–H and O–H groups in total. The van der Waals surface area contributed by atoms with Crippen LogP contribution in [0.15, 0.2) is 67.3 Å². The summed E-state index contributed by atoms with van der Waals surface area (Å²) in [6.45, 7) is 3.67. The molecule has 0 radical (unpaired) electrons. The monoisotopic (exact) mass is 249 g/mol. The van der Waals surface area contributed by atoms with Crippen LogP contribution in [0.25, 0.3) is 21.5 Å². The summed E-state index contributed by atoms with van der Waals surface area (Å²) in [5, 5.41) is 4.43. The topological polar surface area (TPSA) is 35.2 Å². The van der Waals surface area contributed by atoms with Crippen molar-refractivity contribution in [3.05, 3.63) is 67.3 Å². The minimum atomic E-state index is -0.505. The van der Waals surface area contributed by atoms with Crippen LogP contribution in [0.3, 0.4) is 0 Å². The Morgan fingerprint density at radius 1 is 0.947 bits per heavy atom. The van der Waals surface area contributed by atoms with Crippen molar-refractivity contribution < 1.29 is 4.74 Å². The highest BCUT2D eigenvalue weighted by Crippen LogP contribution is 2.35. The number of fused-ring (bicyclic) bond motifs is 2. The van der Waals surface area contributed by atoms with Crippen molar-refractivity contribution in [2.75, 3.05) is 0 Å². The number of ether oxygens (including phenoxy) is 1. The molecule has 2 heteroatoms. The molecule has 94 valence electrons. The normalized spacial score (nSPS) is 12.5. The van der Waals surface area contributed by atoms with Gasteiger partial charge in [0.2, 0.25) is 0 Å². The molecule has 3 rings (SSSR count). The van der Waals surface area contributed by atoms with E-state index in [1.54, 1.807) is 6.08 Å². The Morgan fingerprint density at radius 3 is 2.00 bits per heavy atom. The smallest absolute Gasteiger partial charge is 0.166 e. The first-order valence-corrected chi connectivity index (χ1v) is 6.25. The molecule has 0 fully saturated rings. The highest BCUT2D eigenvalue weighted by molar-refractivity contribution is 6.05. The van der Waals surface area contributed by atoms with Crippen molar-refractivity contribution in [1.82, 2.24) is 0 Å². The first-order valence-electron chi connectivity index (χ1n) is 6.25. The minimum absolute atomic E-state index is 0.505. The van der Waals surface area contributed by atoms with Crippen LogP contribution in [0.1, 0.15) is 0 Å². The van der Waals surface area contributed by atoms with Crippen LogP contribution in [-0.2, 0) is 0 Å². The van der Waals surface area contributed by atoms with Crippen LogP contribution < -0.4 is 10.5 Å². The van der Waals surface area contributed by atoms with E-state index in [1.165, 1.54) is 0 Å². The van der Waals surface area contributed by atoms with Crippen LogP contribution in [-0.4, -0.2) is 6.23 Å². The zero-order chi connectivity index (χ0) is 13.2. The average molecular weight is 249 g/mol. The summed E-state index contributed by atoms with van der Waals surface area (Å²) in [4.78, 5) is 0. The van der Waals surface area contributed by atoms with Crippen molar-refractivity contribution in [3.8, 4) is 5.75 Å². The standard InChI is InChI=1S/C17H15NO/c1-2-16(18)19-17-14-9-5-3-7-12(14)11-13-8-4-6-10-15(13)17/h2-11,16H,1,18H2. The number of hydrogen-bond acceptors (Lipinski definition) is 2. The summed E-state index contributed by atoms with van der Waals surface area (Å²) in [5.41, 5.74) is 5.85. The third kappa shape index (κ3) is 2.07. The van der Waals surface area contributed by atoms with E-state index >= 15 is 0 Å². The highest BCUT2D eigenvalue weighted by atomic mass is 16.5. The van der Waals surface area contributed by atoms with Crippen molar-refractivity contribution in [3.63, 3.8) is 0 Å². The fraction of sp³-hybridized carbons (Fsp3) is 0.0588. The fourth-order valence-corrected chi connectivity index (χ4v) is 2.28. The summed E-state index contributed by atoms with van der Waals surface area (Å²) in [6.07, 6.45) is 1.09. The SMILES string of the molecule is C=CC(N)Oc1c2ccccc2cc2ccccc12. The van der Waals surface area contributed by atoms with Gasteiger partial charge in [0.1, 0.15) is 5.75 Å². The van der Waals surface area contributed by atoms with Gasteiger partial charge in [-0.3, -0.25) is 5.73 Å². The van der Waals surface area contributed by atoms with Gasteiger partial charge in [0.15, 0.2) is 6.23 Å². The van der Waals surface area contributed by atoms with Crippen molar-refractivity contribution in [2.24, 2.45) is 5.73 Å². The molecule has 0 aliphatic heterocycles. The predicted octanol–water partition coefficient (Wildman–Crippen LogP) is 3.84. The van der Waals surface area contributed by atoms with Gasteiger partial charge in [-0.25, -0.2) is 0 Å². The maximum absolute atomic E-state index is 5.85. The molecule has 0 amide bonds. The van der Waals surface area contributed by atoms with Gasteiger partial charge in [0, 0.05) is 10.8 Å². The molecule has 0 aliphatic carbocycles. The second-order valence-electron chi connectivity index (χ2n) is 4.47. The number of rotatable bonds is 3. The van der Waals surface area contributed by atoms with Crippen LogP contribution in [0.4, 0.5) is 0 Å². The second-order valence-corrected chi connectivity index (χ2v) is 4.47. The van der Waals surface area contributed by atoms with Gasteiger partial charge in [-0.05, 0) is 22.9 Å². The Balaban J connectivity index is 2.35. The molecule has 0 aromatic heterocycles. The summed E-state index contributed by atoms with van der Waals surface area (Å²) in [7, 11) is 0. The first kappa shape index (κ1) is 11.8. The maximum Gasteiger partial charge on any atom is 0.166 e. The lowest BCUT2D eigenvalue weighted by Crippen LogP contribution is -2.24. The van der Waals surface area contributed by atoms with E-state index in [1.807, 2.05) is 36.4 Å². The molecule has 2 nitrogen and oxygen atoms in total. The van der Waals surface area contributed by atoms with Crippen LogP contribution in [0.2, 0.25) is 0 Å². The largest absolute Gasteiger partial charge is 0.471 e. The molecule has 3 aromatic carbocycles. The minimum Gasteiger partial charge on any atom is -0.471 e. The summed E-state index contributed by atoms with van der Waals surface area (Å²) < 4.78 is 5.85. The van der Waals surface area contributed by atoms with E-state index in [-0.39, 0.29) is 0 Å². The molecule has 1 atom stereocenters. The Kier molecular flexibility index (Phi) is 2.94. The van der Waals surface area contributed by atoms with E-state index < -0.39 is 6.23 Å². The van der Waals surface area contributed by atoms with Crippen LogP contribution in [0, 0.1) is 0 Å². The third-order valence-electron chi connectivity index (χ3n) is 3.21. The molecule has 0 heterocycles. The lowest BCUT2D eigenvalue weighted by atomic mass is 10.0. The fourth-order valence-electron chi connectivity index (χ4n) is 2.28. The summed E-state index contributed by atoms with van der Waals surface area (Å²) in [6, 6.07) is 18.5. The molecule has 0 saturated heterocycles. The van der Waals surface area contributed by atoms with Gasteiger partial charge in [-0.15, -0.1) is 0 Å². The van der Waals surface area contributed by atoms with Crippen LogP contribution in [0.5, 0.6) is 5.75 Å². The summed E-state index contributed by atoms with van der Waals surface area (Å²) in [5.74, 6) is 0.820. The van der Waals surface area contributed by atoms with Crippen molar-refractivity contribution in [2.45, 2.75) is 6.23 Å². The summed E-state index contributed by atoms with van der Waals surface area (Å²) >= 11 is 0. The molecule has 0 bridgehead atoms. The molecule has 3 aromatic rings. The van der Waals surface area contributed by atoms with Gasteiger partial charge in [0.25, 0.3) is 0 Å². The van der Waals surface area contributed by atoms with E-state index in [9.17, 15) is 0 Å². The van der Waals surface area contributed by atoms with E-state index in [0.717, 1.165) is 27.3 Å². The van der Waals surface area contributed by atoms with E-state index in [2.05, 4.69) is 24.8 Å². The Labute approximate surface area is 112 Å². The molecule has 19 heavy (non-hydrogen) atoms. The zero-order valence-corrected chi connectivity index (χ0v) is 10.5. The Hall–Kier alpha value is -2.32. The highest BCUT2D eigenvalue weighted by Gasteiger charge is 2.10. The maximum atomic E-state index is 5.85. The van der Waals surface area contributed by atoms with Gasteiger partial charge in [-0.2, -0.15) is 0 Å². The van der Waals surface area contributed by atoms with E-state index in [0.29, 0.717) is 0 Å². The average Bonchev–Trinajstić information content (AvgIpc) is 2.46. The molecule has 0 saturated carbocycles. The van der Waals surface area contributed by atoms with Gasteiger partial charge >= 0.3 is 0 Å². The molecule has 1 unspecified atom stereocenters. The molecule has 0 aliphatic rings. The first-order chi connectivity index (χ1) is 9.29. The Bertz CT molecular complexity index is 694. The lowest BCUT2D eigenvalue weighted by Gasteiger charge is -2.15. The molecule has 0 spiro atoms. The zero-order valence-electron chi connectivity index (χ0n) is 10.5. The van der Waals surface area contributed by atoms with E-state index in [4.69, 9.17) is 10.5 Å². The third-order valence-corrected chi connectivity index (χ3v) is 3.21. The predicted molar refractivity (Wildman–Crippen MR) is 80.3 cm³/mol. The number of benzene rings is 3. The molecular formula is C17H15NO. The molecular weight excluding hydrogens is 234 g/mol. The van der Waals surface area contributed by atoms with Gasteiger partial charge in [0.05, 0.1) is 0 Å². The van der Waals surface area contributed by atoms with Crippen LogP contribution >= 0.6 is 0 Å². The van der Waals surface area contributed by atoms with Crippen molar-refractivity contribution in [1.29, 1.82) is 0 Å². The van der Waals surface area contributed by atoms with Gasteiger partial charge in [-0.1, -0.05) is 55.1 Å². The second kappa shape index (κ2) is 4.75. The van der Waals surface area contributed by atoms with Crippen molar-refractivity contribution >= 4 is 21.5 Å². The Morgan fingerprint density at radius 2 is 1.47 bits per heavy atom.